The second-order valence-corrected chi connectivity index (χ2v) is 6.35. The van der Waals surface area contributed by atoms with Crippen LogP contribution in [0.5, 0.6) is 0 Å². The predicted octanol–water partition coefficient (Wildman–Crippen LogP) is 3.45. The summed E-state index contributed by atoms with van der Waals surface area (Å²) in [5.41, 5.74) is 0.501. The predicted molar refractivity (Wildman–Crippen MR) is 91.9 cm³/mol. The second-order valence-electron chi connectivity index (χ2n) is 5.32. The van der Waals surface area contributed by atoms with E-state index in [0.717, 1.165) is 6.54 Å². The summed E-state index contributed by atoms with van der Waals surface area (Å²) in [4.78, 5) is 3.35. The molecule has 23 heavy (non-hydrogen) atoms. The number of halogens is 1. The molecule has 0 aliphatic heterocycles. The van der Waals surface area contributed by atoms with Crippen LogP contribution in [-0.4, -0.2) is 35.8 Å². The molecular weight excluding hydrogens is 313 g/mol. The number of thiophene rings is 1. The van der Waals surface area contributed by atoms with Gasteiger partial charge in [-0.2, -0.15) is 0 Å². The normalized spacial score (nSPS) is 12.5. The quantitative estimate of drug-likeness (QED) is 0.675. The van der Waals surface area contributed by atoms with Crippen molar-refractivity contribution in [3.63, 3.8) is 0 Å². The molecule has 0 spiro atoms. The van der Waals surface area contributed by atoms with Crippen LogP contribution in [0.15, 0.2) is 54.4 Å². The number of rotatable bonds is 10. The molecule has 1 N–H and O–H groups in total. The van der Waals surface area contributed by atoms with Gasteiger partial charge in [0.25, 0.3) is 0 Å². The van der Waals surface area contributed by atoms with Crippen molar-refractivity contribution in [2.45, 2.75) is 19.3 Å². The van der Waals surface area contributed by atoms with E-state index in [1.165, 1.54) is 10.9 Å². The Morgan fingerprint density at radius 1 is 1.30 bits per heavy atom. The van der Waals surface area contributed by atoms with E-state index >= 15 is 0 Å². The Balaban J connectivity index is 1.76. The summed E-state index contributed by atoms with van der Waals surface area (Å²) < 4.78 is 18.9. The molecule has 0 amide bonds. The molecule has 0 radical (unpaired) electrons. The fraction of sp³-hybridized carbons (Fsp3) is 0.333. The lowest BCUT2D eigenvalue weighted by Crippen LogP contribution is -2.34. The molecule has 124 valence electrons. The van der Waals surface area contributed by atoms with Gasteiger partial charge in [0.15, 0.2) is 0 Å². The van der Waals surface area contributed by atoms with Gasteiger partial charge in [-0.15, -0.1) is 17.9 Å². The lowest BCUT2D eigenvalue weighted by Gasteiger charge is -2.23. The van der Waals surface area contributed by atoms with E-state index < -0.39 is 6.10 Å². The van der Waals surface area contributed by atoms with E-state index in [0.29, 0.717) is 18.7 Å². The van der Waals surface area contributed by atoms with Crippen molar-refractivity contribution < 1.29 is 14.2 Å². The highest BCUT2D eigenvalue weighted by atomic mass is 32.1. The number of aliphatic hydroxyl groups is 1. The SMILES string of the molecule is C=CCN(Cc1cccs1)CC(O)COCc1ccccc1F. The maximum atomic E-state index is 13.5. The van der Waals surface area contributed by atoms with Crippen molar-refractivity contribution >= 4 is 11.3 Å². The standard InChI is InChI=1S/C18H22FNO2S/c1-2-9-20(12-17-7-5-10-23-17)11-16(21)14-22-13-15-6-3-4-8-18(15)19/h2-8,10,16,21H,1,9,11-14H2. The molecule has 0 saturated carbocycles. The van der Waals surface area contributed by atoms with Crippen LogP contribution in [-0.2, 0) is 17.9 Å². The lowest BCUT2D eigenvalue weighted by molar-refractivity contribution is 0.00978. The van der Waals surface area contributed by atoms with E-state index in [2.05, 4.69) is 17.5 Å². The van der Waals surface area contributed by atoms with Gasteiger partial charge in [0, 0.05) is 30.1 Å². The number of hydrogen-bond acceptors (Lipinski definition) is 4. The third kappa shape index (κ3) is 6.23. The highest BCUT2D eigenvalue weighted by Gasteiger charge is 2.12. The summed E-state index contributed by atoms with van der Waals surface area (Å²) in [5, 5.41) is 12.2. The van der Waals surface area contributed by atoms with E-state index in [-0.39, 0.29) is 19.0 Å². The highest BCUT2D eigenvalue weighted by molar-refractivity contribution is 7.09. The first-order valence-electron chi connectivity index (χ1n) is 7.54. The molecule has 0 saturated heterocycles. The Bertz CT molecular complexity index is 588. The van der Waals surface area contributed by atoms with E-state index in [9.17, 15) is 9.50 Å². The second kappa shape index (κ2) is 9.57. The molecule has 0 aliphatic rings. The fourth-order valence-electron chi connectivity index (χ4n) is 2.28. The molecule has 1 heterocycles. The summed E-state index contributed by atoms with van der Waals surface area (Å²) >= 11 is 1.69. The molecule has 1 aromatic carbocycles. The smallest absolute Gasteiger partial charge is 0.128 e. The Morgan fingerprint density at radius 2 is 2.13 bits per heavy atom. The zero-order valence-corrected chi connectivity index (χ0v) is 13.8. The first kappa shape index (κ1) is 17.8. The Morgan fingerprint density at radius 3 is 2.83 bits per heavy atom. The van der Waals surface area contributed by atoms with Gasteiger partial charge < -0.3 is 9.84 Å². The molecule has 0 bridgehead atoms. The summed E-state index contributed by atoms with van der Waals surface area (Å²) in [5.74, 6) is -0.284. The van der Waals surface area contributed by atoms with Crippen molar-refractivity contribution in [3.8, 4) is 0 Å². The van der Waals surface area contributed by atoms with E-state index in [1.807, 2.05) is 17.5 Å². The van der Waals surface area contributed by atoms with Gasteiger partial charge in [-0.25, -0.2) is 4.39 Å². The highest BCUT2D eigenvalue weighted by Crippen LogP contribution is 2.12. The van der Waals surface area contributed by atoms with Crippen molar-refractivity contribution in [1.82, 2.24) is 4.90 Å². The monoisotopic (exact) mass is 335 g/mol. The Hall–Kier alpha value is -1.53. The van der Waals surface area contributed by atoms with Gasteiger partial charge in [-0.3, -0.25) is 4.90 Å². The van der Waals surface area contributed by atoms with Crippen molar-refractivity contribution in [2.24, 2.45) is 0 Å². The van der Waals surface area contributed by atoms with Crippen LogP contribution in [0.4, 0.5) is 4.39 Å². The van der Waals surface area contributed by atoms with Crippen molar-refractivity contribution in [1.29, 1.82) is 0 Å². The molecule has 0 aliphatic carbocycles. The number of nitrogens with zero attached hydrogens (tertiary/aromatic N) is 1. The summed E-state index contributed by atoms with van der Waals surface area (Å²) in [6, 6.07) is 10.6. The minimum absolute atomic E-state index is 0.163. The zero-order chi connectivity index (χ0) is 16.5. The third-order valence-electron chi connectivity index (χ3n) is 3.34. The van der Waals surface area contributed by atoms with Crippen LogP contribution in [0.2, 0.25) is 0 Å². The van der Waals surface area contributed by atoms with Gasteiger partial charge >= 0.3 is 0 Å². The molecule has 1 unspecified atom stereocenters. The largest absolute Gasteiger partial charge is 0.389 e. The van der Waals surface area contributed by atoms with Crippen LogP contribution in [0.3, 0.4) is 0 Å². The van der Waals surface area contributed by atoms with Crippen LogP contribution in [0.1, 0.15) is 10.4 Å². The van der Waals surface area contributed by atoms with Crippen LogP contribution in [0, 0.1) is 5.82 Å². The number of ether oxygens (including phenoxy) is 1. The van der Waals surface area contributed by atoms with Crippen molar-refractivity contribution in [3.05, 3.63) is 70.7 Å². The average Bonchev–Trinajstić information content (AvgIpc) is 3.02. The Kier molecular flexibility index (Phi) is 7.42. The molecule has 2 rings (SSSR count). The molecule has 1 atom stereocenters. The van der Waals surface area contributed by atoms with Gasteiger partial charge in [0.1, 0.15) is 5.82 Å². The topological polar surface area (TPSA) is 32.7 Å². The average molecular weight is 335 g/mol. The molecule has 1 aromatic heterocycles. The minimum Gasteiger partial charge on any atom is -0.389 e. The maximum Gasteiger partial charge on any atom is 0.128 e. The number of benzene rings is 1. The summed E-state index contributed by atoms with van der Waals surface area (Å²) in [6.45, 7) is 6.05. The van der Waals surface area contributed by atoms with E-state index in [1.54, 1.807) is 29.5 Å². The van der Waals surface area contributed by atoms with Gasteiger partial charge in [0.2, 0.25) is 0 Å². The van der Waals surface area contributed by atoms with Crippen LogP contribution < -0.4 is 0 Å². The fourth-order valence-corrected chi connectivity index (χ4v) is 3.03. The lowest BCUT2D eigenvalue weighted by atomic mass is 10.2. The molecule has 0 fully saturated rings. The van der Waals surface area contributed by atoms with Crippen LogP contribution >= 0.6 is 11.3 Å². The van der Waals surface area contributed by atoms with Gasteiger partial charge in [-0.1, -0.05) is 30.3 Å². The summed E-state index contributed by atoms with van der Waals surface area (Å²) in [6.07, 6.45) is 1.20. The maximum absolute atomic E-state index is 13.5. The molecule has 3 nitrogen and oxygen atoms in total. The Labute approximate surface area is 140 Å². The third-order valence-corrected chi connectivity index (χ3v) is 4.20. The minimum atomic E-state index is -0.623. The number of aliphatic hydroxyl groups excluding tert-OH is 1. The molecule has 5 heteroatoms. The first-order valence-corrected chi connectivity index (χ1v) is 8.42. The van der Waals surface area contributed by atoms with E-state index in [4.69, 9.17) is 4.74 Å². The molecular formula is C18H22FNO2S. The van der Waals surface area contributed by atoms with Gasteiger partial charge in [-0.05, 0) is 17.5 Å². The van der Waals surface area contributed by atoms with Gasteiger partial charge in [0.05, 0.1) is 19.3 Å². The summed E-state index contributed by atoms with van der Waals surface area (Å²) in [7, 11) is 0. The number of hydrogen-bond donors (Lipinski definition) is 1. The van der Waals surface area contributed by atoms with Crippen molar-refractivity contribution in [2.75, 3.05) is 19.7 Å². The first-order chi connectivity index (χ1) is 11.2. The van der Waals surface area contributed by atoms with Crippen LogP contribution in [0.25, 0.3) is 0 Å². The molecule has 2 aromatic rings. The zero-order valence-electron chi connectivity index (χ0n) is 13.0.